The molecule has 0 radical (unpaired) electrons. The summed E-state index contributed by atoms with van der Waals surface area (Å²) < 4.78 is 22.1. The van der Waals surface area contributed by atoms with E-state index in [0.29, 0.717) is 13.0 Å². The van der Waals surface area contributed by atoms with Crippen LogP contribution in [0.3, 0.4) is 0 Å². The minimum Gasteiger partial charge on any atom is -0.297 e. The summed E-state index contributed by atoms with van der Waals surface area (Å²) in [5.74, 6) is 0. The normalized spacial score (nSPS) is 26.6. The maximum Gasteiger partial charge on any atom is 0.213 e. The Morgan fingerprint density at radius 3 is 2.15 bits per heavy atom. The van der Waals surface area contributed by atoms with Gasteiger partial charge in [0.15, 0.2) is 0 Å². The molecule has 0 aliphatic carbocycles. The van der Waals surface area contributed by atoms with Crippen LogP contribution in [0.1, 0.15) is 27.2 Å². The standard InChI is InChI=1S/C8H18N2O2S/c1-8(2,3)10-5-4-7(6-10)13(9,11)12/h7H,4-6H2,1-3H3,(H2,9,11,12). The number of nitrogens with two attached hydrogens (primary N) is 1. The number of hydrogen-bond acceptors (Lipinski definition) is 3. The molecule has 1 heterocycles. The molecule has 0 spiro atoms. The molecule has 5 heteroatoms. The predicted molar refractivity (Wildman–Crippen MR) is 52.8 cm³/mol. The topological polar surface area (TPSA) is 63.4 Å². The van der Waals surface area contributed by atoms with Crippen LogP contribution in [0.4, 0.5) is 0 Å². The molecule has 1 aliphatic heterocycles. The smallest absolute Gasteiger partial charge is 0.213 e. The Labute approximate surface area is 80.1 Å². The van der Waals surface area contributed by atoms with Gasteiger partial charge in [-0.2, -0.15) is 0 Å². The van der Waals surface area contributed by atoms with E-state index >= 15 is 0 Å². The Balaban J connectivity index is 2.66. The van der Waals surface area contributed by atoms with Gasteiger partial charge >= 0.3 is 0 Å². The molecule has 2 N–H and O–H groups in total. The van der Waals surface area contributed by atoms with Crippen molar-refractivity contribution in [3.8, 4) is 0 Å². The molecular formula is C8H18N2O2S. The van der Waals surface area contributed by atoms with E-state index in [1.807, 2.05) is 0 Å². The lowest BCUT2D eigenvalue weighted by Gasteiger charge is -2.31. The van der Waals surface area contributed by atoms with Crippen LogP contribution in [0.2, 0.25) is 0 Å². The number of rotatable bonds is 1. The van der Waals surface area contributed by atoms with Gasteiger partial charge in [0.05, 0.1) is 5.25 Å². The summed E-state index contributed by atoms with van der Waals surface area (Å²) in [5, 5.41) is 4.72. The van der Waals surface area contributed by atoms with Crippen molar-refractivity contribution < 1.29 is 8.42 Å². The lowest BCUT2D eigenvalue weighted by molar-refractivity contribution is 0.175. The van der Waals surface area contributed by atoms with E-state index in [1.165, 1.54) is 0 Å². The first-order valence-electron chi connectivity index (χ1n) is 4.48. The lowest BCUT2D eigenvalue weighted by atomic mass is 10.1. The highest BCUT2D eigenvalue weighted by atomic mass is 32.2. The zero-order valence-corrected chi connectivity index (χ0v) is 9.26. The molecule has 1 unspecified atom stereocenters. The first kappa shape index (κ1) is 10.9. The second-order valence-electron chi connectivity index (χ2n) is 4.62. The quantitative estimate of drug-likeness (QED) is 0.664. The second-order valence-corrected chi connectivity index (χ2v) is 6.46. The SMILES string of the molecule is CC(C)(C)N1CCC(S(N)(=O)=O)C1. The number of primary sulfonamides is 1. The fourth-order valence-electron chi connectivity index (χ4n) is 1.61. The maximum absolute atomic E-state index is 11.1. The highest BCUT2D eigenvalue weighted by Gasteiger charge is 2.35. The van der Waals surface area contributed by atoms with Crippen molar-refractivity contribution in [3.63, 3.8) is 0 Å². The number of nitrogens with zero attached hydrogens (tertiary/aromatic N) is 1. The average molecular weight is 206 g/mol. The molecule has 0 aromatic rings. The van der Waals surface area contributed by atoms with Gasteiger partial charge in [-0.1, -0.05) is 0 Å². The summed E-state index contributed by atoms with van der Waals surface area (Å²) in [5.41, 5.74) is 0.0411. The minimum absolute atomic E-state index is 0.0411. The lowest BCUT2D eigenvalue weighted by Crippen LogP contribution is -2.41. The molecule has 1 rings (SSSR count). The Kier molecular flexibility index (Phi) is 2.71. The first-order chi connectivity index (χ1) is 5.71. The van der Waals surface area contributed by atoms with Gasteiger partial charge in [-0.05, 0) is 27.2 Å². The highest BCUT2D eigenvalue weighted by Crippen LogP contribution is 2.23. The molecule has 0 saturated carbocycles. The van der Waals surface area contributed by atoms with E-state index in [4.69, 9.17) is 5.14 Å². The summed E-state index contributed by atoms with van der Waals surface area (Å²) in [7, 11) is -3.34. The third-order valence-corrected chi connectivity index (χ3v) is 3.87. The second kappa shape index (κ2) is 3.22. The third-order valence-electron chi connectivity index (χ3n) is 2.56. The van der Waals surface area contributed by atoms with Crippen molar-refractivity contribution in [1.29, 1.82) is 0 Å². The van der Waals surface area contributed by atoms with Crippen LogP contribution in [0.5, 0.6) is 0 Å². The van der Waals surface area contributed by atoms with Crippen molar-refractivity contribution in [1.82, 2.24) is 4.90 Å². The summed E-state index contributed by atoms with van der Waals surface area (Å²) in [4.78, 5) is 2.15. The molecule has 1 saturated heterocycles. The van der Waals surface area contributed by atoms with Crippen LogP contribution in [0.25, 0.3) is 0 Å². The molecule has 78 valence electrons. The van der Waals surface area contributed by atoms with Gasteiger partial charge in [0.25, 0.3) is 0 Å². The van der Waals surface area contributed by atoms with Crippen LogP contribution in [0, 0.1) is 0 Å². The minimum atomic E-state index is -3.34. The van der Waals surface area contributed by atoms with Gasteiger partial charge in [-0.25, -0.2) is 13.6 Å². The highest BCUT2D eigenvalue weighted by molar-refractivity contribution is 7.89. The van der Waals surface area contributed by atoms with Crippen LogP contribution in [-0.2, 0) is 10.0 Å². The van der Waals surface area contributed by atoms with E-state index < -0.39 is 10.0 Å². The summed E-state index contributed by atoms with van der Waals surface area (Å²) in [6, 6.07) is 0. The van der Waals surface area contributed by atoms with Crippen molar-refractivity contribution in [2.75, 3.05) is 13.1 Å². The molecule has 0 aromatic carbocycles. The number of hydrogen-bond donors (Lipinski definition) is 1. The fourth-order valence-corrected chi connectivity index (χ4v) is 2.43. The summed E-state index contributed by atoms with van der Waals surface area (Å²) >= 11 is 0. The fraction of sp³-hybridized carbons (Fsp3) is 1.00. The zero-order chi connectivity index (χ0) is 10.3. The molecule has 0 bridgehead atoms. The van der Waals surface area contributed by atoms with Gasteiger partial charge in [0.2, 0.25) is 10.0 Å². The van der Waals surface area contributed by atoms with E-state index in [1.54, 1.807) is 0 Å². The molecule has 1 atom stereocenters. The number of likely N-dealkylation sites (tertiary alicyclic amines) is 1. The van der Waals surface area contributed by atoms with Gasteiger partial charge in [-0.15, -0.1) is 0 Å². The van der Waals surface area contributed by atoms with Gasteiger partial charge in [-0.3, -0.25) is 4.90 Å². The Morgan fingerprint density at radius 1 is 1.38 bits per heavy atom. The Hall–Kier alpha value is -0.130. The van der Waals surface area contributed by atoms with Crippen LogP contribution in [-0.4, -0.2) is 37.2 Å². The van der Waals surface area contributed by atoms with Crippen molar-refractivity contribution >= 4 is 10.0 Å². The zero-order valence-electron chi connectivity index (χ0n) is 8.45. The Morgan fingerprint density at radius 2 is 1.92 bits per heavy atom. The van der Waals surface area contributed by atoms with E-state index in [9.17, 15) is 8.42 Å². The molecular weight excluding hydrogens is 188 g/mol. The molecule has 4 nitrogen and oxygen atoms in total. The van der Waals surface area contributed by atoms with E-state index in [0.717, 1.165) is 6.54 Å². The van der Waals surface area contributed by atoms with Crippen molar-refractivity contribution in [2.45, 2.75) is 38.0 Å². The molecule has 0 amide bonds. The maximum atomic E-state index is 11.1. The van der Waals surface area contributed by atoms with Gasteiger partial charge in [0, 0.05) is 18.6 Å². The van der Waals surface area contributed by atoms with E-state index in [2.05, 4.69) is 25.7 Å². The van der Waals surface area contributed by atoms with Crippen molar-refractivity contribution in [3.05, 3.63) is 0 Å². The van der Waals surface area contributed by atoms with Gasteiger partial charge in [0.1, 0.15) is 0 Å². The molecule has 1 aliphatic rings. The number of sulfonamides is 1. The molecule has 13 heavy (non-hydrogen) atoms. The monoisotopic (exact) mass is 206 g/mol. The van der Waals surface area contributed by atoms with Crippen LogP contribution >= 0.6 is 0 Å². The largest absolute Gasteiger partial charge is 0.297 e. The predicted octanol–water partition coefficient (Wildman–Crippen LogP) is 0.148. The van der Waals surface area contributed by atoms with Crippen LogP contribution in [0.15, 0.2) is 0 Å². The molecule has 1 fully saturated rings. The Bertz CT molecular complexity index is 279. The van der Waals surface area contributed by atoms with Gasteiger partial charge < -0.3 is 0 Å². The van der Waals surface area contributed by atoms with E-state index in [-0.39, 0.29) is 10.8 Å². The average Bonchev–Trinajstić information content (AvgIpc) is 2.28. The molecule has 0 aromatic heterocycles. The first-order valence-corrected chi connectivity index (χ1v) is 6.09. The summed E-state index contributed by atoms with van der Waals surface area (Å²) in [6.07, 6.45) is 0.663. The van der Waals surface area contributed by atoms with Crippen molar-refractivity contribution in [2.24, 2.45) is 5.14 Å². The van der Waals surface area contributed by atoms with Crippen LogP contribution < -0.4 is 5.14 Å². The summed E-state index contributed by atoms with van der Waals surface area (Å²) in [6.45, 7) is 7.64. The third kappa shape index (κ3) is 2.65.